The highest BCUT2D eigenvalue weighted by atomic mass is 32.2. The SMILES string of the molecule is CC(C)S(=O)(=O)c1c(C=O)cnn1C1CCCC1. The zero-order valence-electron chi connectivity index (χ0n) is 10.7. The van der Waals surface area contributed by atoms with Crippen molar-refractivity contribution < 1.29 is 13.2 Å². The van der Waals surface area contributed by atoms with Gasteiger partial charge < -0.3 is 0 Å². The minimum Gasteiger partial charge on any atom is -0.298 e. The lowest BCUT2D eigenvalue weighted by molar-refractivity contribution is 0.112. The van der Waals surface area contributed by atoms with Gasteiger partial charge in [-0.05, 0) is 26.7 Å². The van der Waals surface area contributed by atoms with Crippen LogP contribution in [-0.2, 0) is 9.84 Å². The second kappa shape index (κ2) is 4.84. The summed E-state index contributed by atoms with van der Waals surface area (Å²) in [6.07, 6.45) is 5.97. The normalized spacial score (nSPS) is 17.5. The van der Waals surface area contributed by atoms with Crippen molar-refractivity contribution in [2.75, 3.05) is 0 Å². The molecule has 0 saturated heterocycles. The lowest BCUT2D eigenvalue weighted by Gasteiger charge is -2.16. The van der Waals surface area contributed by atoms with E-state index >= 15 is 0 Å². The molecule has 1 fully saturated rings. The molecule has 0 radical (unpaired) electrons. The molecule has 1 aromatic rings. The molecule has 2 rings (SSSR count). The Morgan fingerprint density at radius 1 is 1.39 bits per heavy atom. The standard InChI is InChI=1S/C12H18N2O3S/c1-9(2)18(16,17)12-10(8-15)7-13-14(12)11-5-3-4-6-11/h7-9,11H,3-6H2,1-2H3. The lowest BCUT2D eigenvalue weighted by atomic mass is 10.2. The highest BCUT2D eigenvalue weighted by Gasteiger charge is 2.31. The van der Waals surface area contributed by atoms with E-state index in [4.69, 9.17) is 0 Å². The van der Waals surface area contributed by atoms with Crippen LogP contribution in [0.25, 0.3) is 0 Å². The molecule has 1 aliphatic carbocycles. The first kappa shape index (κ1) is 13.3. The Morgan fingerprint density at radius 2 is 2.00 bits per heavy atom. The van der Waals surface area contributed by atoms with Gasteiger partial charge >= 0.3 is 0 Å². The molecule has 100 valence electrons. The first-order chi connectivity index (χ1) is 8.48. The van der Waals surface area contributed by atoms with Crippen LogP contribution < -0.4 is 0 Å². The fraction of sp³-hybridized carbons (Fsp3) is 0.667. The first-order valence-electron chi connectivity index (χ1n) is 6.25. The van der Waals surface area contributed by atoms with Crippen LogP contribution in [0.3, 0.4) is 0 Å². The number of sulfone groups is 1. The third-order valence-corrected chi connectivity index (χ3v) is 5.67. The van der Waals surface area contributed by atoms with Gasteiger partial charge in [0.2, 0.25) is 0 Å². The maximum absolute atomic E-state index is 12.3. The fourth-order valence-corrected chi connectivity index (χ4v) is 3.70. The summed E-state index contributed by atoms with van der Waals surface area (Å²) in [5.74, 6) is 0. The molecule has 0 amide bonds. The van der Waals surface area contributed by atoms with Gasteiger partial charge in [0.1, 0.15) is 0 Å². The van der Waals surface area contributed by atoms with E-state index in [9.17, 15) is 13.2 Å². The number of hydrogen-bond donors (Lipinski definition) is 0. The van der Waals surface area contributed by atoms with Crippen LogP contribution in [0, 0.1) is 0 Å². The largest absolute Gasteiger partial charge is 0.298 e. The Labute approximate surface area is 107 Å². The van der Waals surface area contributed by atoms with Crippen LogP contribution in [0.5, 0.6) is 0 Å². The minimum atomic E-state index is -3.48. The highest BCUT2D eigenvalue weighted by molar-refractivity contribution is 7.92. The predicted octanol–water partition coefficient (Wildman–Crippen LogP) is 1.99. The number of rotatable bonds is 4. The molecule has 0 atom stereocenters. The Bertz CT molecular complexity index is 540. The molecule has 1 heterocycles. The second-order valence-electron chi connectivity index (χ2n) is 5.00. The van der Waals surface area contributed by atoms with Gasteiger partial charge in [-0.25, -0.2) is 8.42 Å². The van der Waals surface area contributed by atoms with Crippen molar-refractivity contribution >= 4 is 16.1 Å². The summed E-state index contributed by atoms with van der Waals surface area (Å²) in [6, 6.07) is 0.113. The summed E-state index contributed by atoms with van der Waals surface area (Å²) in [5, 5.41) is 3.67. The molecule has 0 aliphatic heterocycles. The fourth-order valence-electron chi connectivity index (χ4n) is 2.37. The van der Waals surface area contributed by atoms with Crippen molar-refractivity contribution in [1.29, 1.82) is 0 Å². The number of aromatic nitrogens is 2. The van der Waals surface area contributed by atoms with Gasteiger partial charge in [-0.1, -0.05) is 12.8 Å². The molecule has 0 spiro atoms. The van der Waals surface area contributed by atoms with Gasteiger partial charge in [0.05, 0.1) is 23.1 Å². The van der Waals surface area contributed by atoms with Gasteiger partial charge in [-0.15, -0.1) is 0 Å². The van der Waals surface area contributed by atoms with E-state index in [1.165, 1.54) is 6.20 Å². The molecular formula is C12H18N2O3S. The quantitative estimate of drug-likeness (QED) is 0.785. The van der Waals surface area contributed by atoms with Crippen molar-refractivity contribution in [2.45, 2.75) is 55.8 Å². The van der Waals surface area contributed by atoms with Gasteiger partial charge in [0.25, 0.3) is 0 Å². The number of nitrogens with zero attached hydrogens (tertiary/aromatic N) is 2. The molecule has 5 nitrogen and oxygen atoms in total. The Hall–Kier alpha value is -1.17. The highest BCUT2D eigenvalue weighted by Crippen LogP contribution is 2.32. The van der Waals surface area contributed by atoms with Crippen molar-refractivity contribution in [3.8, 4) is 0 Å². The van der Waals surface area contributed by atoms with E-state index in [1.54, 1.807) is 18.5 Å². The zero-order chi connectivity index (χ0) is 13.3. The summed E-state index contributed by atoms with van der Waals surface area (Å²) in [4.78, 5) is 11.0. The average Bonchev–Trinajstić information content (AvgIpc) is 2.97. The summed E-state index contributed by atoms with van der Waals surface area (Å²) >= 11 is 0. The Balaban J connectivity index is 2.56. The molecule has 0 bridgehead atoms. The second-order valence-corrected chi connectivity index (χ2v) is 7.42. The van der Waals surface area contributed by atoms with Crippen LogP contribution in [0.2, 0.25) is 0 Å². The molecule has 18 heavy (non-hydrogen) atoms. The summed E-state index contributed by atoms with van der Waals surface area (Å²) in [6.45, 7) is 3.24. The van der Waals surface area contributed by atoms with Crippen LogP contribution in [-0.4, -0.2) is 29.7 Å². The smallest absolute Gasteiger partial charge is 0.198 e. The van der Waals surface area contributed by atoms with E-state index < -0.39 is 15.1 Å². The van der Waals surface area contributed by atoms with Crippen molar-refractivity contribution in [1.82, 2.24) is 9.78 Å². The zero-order valence-corrected chi connectivity index (χ0v) is 11.5. The molecule has 6 heteroatoms. The first-order valence-corrected chi connectivity index (χ1v) is 7.79. The molecule has 1 aromatic heterocycles. The van der Waals surface area contributed by atoms with E-state index in [1.807, 2.05) is 0 Å². The number of hydrogen-bond acceptors (Lipinski definition) is 4. The summed E-state index contributed by atoms with van der Waals surface area (Å²) in [5.41, 5.74) is 0.176. The van der Waals surface area contributed by atoms with Crippen molar-refractivity contribution in [3.63, 3.8) is 0 Å². The van der Waals surface area contributed by atoms with E-state index in [2.05, 4.69) is 5.10 Å². The maximum atomic E-state index is 12.3. The maximum Gasteiger partial charge on any atom is 0.198 e. The van der Waals surface area contributed by atoms with Gasteiger partial charge in [0, 0.05) is 0 Å². The molecule has 1 aliphatic rings. The lowest BCUT2D eigenvalue weighted by Crippen LogP contribution is -2.22. The minimum absolute atomic E-state index is 0.0967. The third-order valence-electron chi connectivity index (χ3n) is 3.46. The van der Waals surface area contributed by atoms with E-state index in [-0.39, 0.29) is 16.6 Å². The Kier molecular flexibility index (Phi) is 3.56. The third kappa shape index (κ3) is 2.09. The van der Waals surface area contributed by atoms with Crippen molar-refractivity contribution in [2.24, 2.45) is 0 Å². The van der Waals surface area contributed by atoms with Gasteiger partial charge in [0.15, 0.2) is 21.1 Å². The van der Waals surface area contributed by atoms with Crippen molar-refractivity contribution in [3.05, 3.63) is 11.8 Å². The van der Waals surface area contributed by atoms with Crippen LogP contribution in [0.1, 0.15) is 55.9 Å². The predicted molar refractivity (Wildman–Crippen MR) is 67.4 cm³/mol. The number of aldehydes is 1. The van der Waals surface area contributed by atoms with Crippen LogP contribution in [0.4, 0.5) is 0 Å². The molecule has 0 unspecified atom stereocenters. The molecule has 1 saturated carbocycles. The van der Waals surface area contributed by atoms with Crippen LogP contribution in [0.15, 0.2) is 11.2 Å². The van der Waals surface area contributed by atoms with E-state index in [0.29, 0.717) is 6.29 Å². The summed E-state index contributed by atoms with van der Waals surface area (Å²) in [7, 11) is -3.48. The van der Waals surface area contributed by atoms with E-state index in [0.717, 1.165) is 25.7 Å². The molecule has 0 aromatic carbocycles. The van der Waals surface area contributed by atoms with Crippen LogP contribution >= 0.6 is 0 Å². The number of carbonyl (C=O) groups excluding carboxylic acids is 1. The number of carbonyl (C=O) groups is 1. The summed E-state index contributed by atoms with van der Waals surface area (Å²) < 4.78 is 26.2. The molecular weight excluding hydrogens is 252 g/mol. The average molecular weight is 270 g/mol. The monoisotopic (exact) mass is 270 g/mol. The molecule has 0 N–H and O–H groups in total. The topological polar surface area (TPSA) is 69.0 Å². The Morgan fingerprint density at radius 3 is 2.50 bits per heavy atom. The van der Waals surface area contributed by atoms with Gasteiger partial charge in [-0.2, -0.15) is 5.10 Å². The van der Waals surface area contributed by atoms with Gasteiger partial charge in [-0.3, -0.25) is 9.48 Å².